The molecule has 1 heterocycles. The largest absolute Gasteiger partial charge is 0.282 e. The van der Waals surface area contributed by atoms with Crippen molar-refractivity contribution in [3.05, 3.63) is 11.6 Å². The molecular weight excluding hydrogens is 132 g/mol. The molecule has 9 heavy (non-hydrogen) atoms. The fourth-order valence-corrected chi connectivity index (χ4v) is 1.65. The molecule has 1 unspecified atom stereocenters. The Bertz CT molecular complexity index is 160. The van der Waals surface area contributed by atoms with Gasteiger partial charge in [0.25, 0.3) is 0 Å². The van der Waals surface area contributed by atoms with Crippen molar-refractivity contribution in [2.75, 3.05) is 5.75 Å². The van der Waals surface area contributed by atoms with Gasteiger partial charge in [-0.05, 0) is 18.9 Å². The van der Waals surface area contributed by atoms with Gasteiger partial charge in [0.1, 0.15) is 0 Å². The Morgan fingerprint density at radius 1 is 1.78 bits per heavy atom. The van der Waals surface area contributed by atoms with Crippen molar-refractivity contribution in [1.29, 1.82) is 0 Å². The Balaban J connectivity index is 2.72. The molecule has 1 aliphatic heterocycles. The second-order valence-electron chi connectivity index (χ2n) is 2.42. The molecule has 0 saturated carbocycles. The zero-order chi connectivity index (χ0) is 6.85. The van der Waals surface area contributed by atoms with Crippen LogP contribution in [0.15, 0.2) is 11.6 Å². The van der Waals surface area contributed by atoms with Crippen LogP contribution in [-0.4, -0.2) is 10.9 Å². The molecule has 0 N–H and O–H groups in total. The van der Waals surface area contributed by atoms with Crippen LogP contribution in [-0.2, 0) is 4.79 Å². The summed E-state index contributed by atoms with van der Waals surface area (Å²) in [4.78, 5) is 10.7. The van der Waals surface area contributed by atoms with Gasteiger partial charge in [0.2, 0.25) is 5.12 Å². The van der Waals surface area contributed by atoms with E-state index in [1.54, 1.807) is 6.08 Å². The zero-order valence-electron chi connectivity index (χ0n) is 5.68. The van der Waals surface area contributed by atoms with Crippen molar-refractivity contribution < 1.29 is 4.79 Å². The van der Waals surface area contributed by atoms with Crippen LogP contribution in [0.5, 0.6) is 0 Å². The molecule has 0 radical (unpaired) electrons. The minimum absolute atomic E-state index is 0.214. The van der Waals surface area contributed by atoms with Crippen LogP contribution in [0, 0.1) is 5.92 Å². The number of carbonyl (C=O) groups is 1. The second kappa shape index (κ2) is 2.56. The number of carbonyl (C=O) groups excluding carboxylic acids is 1. The predicted molar refractivity (Wildman–Crippen MR) is 40.4 cm³/mol. The standard InChI is InChI=1S/C7H10OS/c1-5-3-7(8)9-4-6(5)2/h3,6H,4H2,1-2H3. The molecule has 0 saturated heterocycles. The highest BCUT2D eigenvalue weighted by molar-refractivity contribution is 8.14. The summed E-state index contributed by atoms with van der Waals surface area (Å²) < 4.78 is 0. The van der Waals surface area contributed by atoms with Gasteiger partial charge in [0, 0.05) is 5.75 Å². The van der Waals surface area contributed by atoms with Crippen LogP contribution in [0.3, 0.4) is 0 Å². The van der Waals surface area contributed by atoms with E-state index in [1.807, 2.05) is 6.92 Å². The highest BCUT2D eigenvalue weighted by Crippen LogP contribution is 2.23. The third-order valence-corrected chi connectivity index (χ3v) is 2.67. The maximum Gasteiger partial charge on any atom is 0.212 e. The first-order valence-electron chi connectivity index (χ1n) is 3.05. The normalized spacial score (nSPS) is 28.0. The van der Waals surface area contributed by atoms with Gasteiger partial charge in [-0.2, -0.15) is 0 Å². The maximum atomic E-state index is 10.7. The summed E-state index contributed by atoms with van der Waals surface area (Å²) in [6, 6.07) is 0. The van der Waals surface area contributed by atoms with Crippen molar-refractivity contribution in [3.63, 3.8) is 0 Å². The summed E-state index contributed by atoms with van der Waals surface area (Å²) in [6.07, 6.45) is 1.73. The quantitative estimate of drug-likeness (QED) is 0.513. The Labute approximate surface area is 59.5 Å². The van der Waals surface area contributed by atoms with Gasteiger partial charge in [-0.25, -0.2) is 0 Å². The van der Waals surface area contributed by atoms with E-state index < -0.39 is 0 Å². The minimum atomic E-state index is 0.214. The SMILES string of the molecule is CC1=CC(=O)SCC1C. The molecule has 0 aromatic heterocycles. The molecule has 0 bridgehead atoms. The molecule has 0 aromatic rings. The summed E-state index contributed by atoms with van der Waals surface area (Å²) in [5, 5.41) is 0.214. The summed E-state index contributed by atoms with van der Waals surface area (Å²) in [6.45, 7) is 4.16. The molecule has 1 rings (SSSR count). The number of thioether (sulfide) groups is 1. The van der Waals surface area contributed by atoms with Crippen LogP contribution >= 0.6 is 11.8 Å². The third-order valence-electron chi connectivity index (χ3n) is 1.60. The van der Waals surface area contributed by atoms with Crippen molar-refractivity contribution >= 4 is 16.9 Å². The molecular formula is C7H10OS. The fourth-order valence-electron chi connectivity index (χ4n) is 0.708. The van der Waals surface area contributed by atoms with E-state index in [4.69, 9.17) is 0 Å². The highest BCUT2D eigenvalue weighted by Gasteiger charge is 2.13. The van der Waals surface area contributed by atoms with Gasteiger partial charge in [0.15, 0.2) is 0 Å². The summed E-state index contributed by atoms with van der Waals surface area (Å²) in [7, 11) is 0. The molecule has 0 aromatic carbocycles. The molecule has 0 aliphatic carbocycles. The first-order valence-corrected chi connectivity index (χ1v) is 4.03. The average Bonchev–Trinajstić information content (AvgIpc) is 1.80. The van der Waals surface area contributed by atoms with Crippen molar-refractivity contribution in [2.45, 2.75) is 13.8 Å². The van der Waals surface area contributed by atoms with E-state index in [1.165, 1.54) is 17.3 Å². The third kappa shape index (κ3) is 1.58. The molecule has 0 fully saturated rings. The molecule has 0 amide bonds. The van der Waals surface area contributed by atoms with E-state index in [2.05, 4.69) is 6.92 Å². The summed E-state index contributed by atoms with van der Waals surface area (Å²) in [5.74, 6) is 1.55. The van der Waals surface area contributed by atoms with Crippen LogP contribution in [0.4, 0.5) is 0 Å². The van der Waals surface area contributed by atoms with Crippen LogP contribution in [0.25, 0.3) is 0 Å². The van der Waals surface area contributed by atoms with Gasteiger partial charge >= 0.3 is 0 Å². The zero-order valence-corrected chi connectivity index (χ0v) is 6.49. The number of allylic oxidation sites excluding steroid dienone is 1. The Morgan fingerprint density at radius 3 is 2.89 bits per heavy atom. The minimum Gasteiger partial charge on any atom is -0.282 e. The number of rotatable bonds is 0. The second-order valence-corrected chi connectivity index (χ2v) is 3.44. The Morgan fingerprint density at radius 2 is 2.44 bits per heavy atom. The molecule has 1 nitrogen and oxygen atoms in total. The van der Waals surface area contributed by atoms with Gasteiger partial charge in [-0.1, -0.05) is 24.3 Å². The lowest BCUT2D eigenvalue weighted by atomic mass is 10.1. The van der Waals surface area contributed by atoms with Gasteiger partial charge in [-0.15, -0.1) is 0 Å². The summed E-state index contributed by atoms with van der Waals surface area (Å²) >= 11 is 1.41. The van der Waals surface area contributed by atoms with Gasteiger partial charge < -0.3 is 0 Å². The highest BCUT2D eigenvalue weighted by atomic mass is 32.2. The molecule has 1 aliphatic rings. The van der Waals surface area contributed by atoms with Crippen LogP contribution in [0.2, 0.25) is 0 Å². The lowest BCUT2D eigenvalue weighted by Crippen LogP contribution is -2.08. The van der Waals surface area contributed by atoms with Crippen LogP contribution < -0.4 is 0 Å². The number of hydrogen-bond donors (Lipinski definition) is 0. The lowest BCUT2D eigenvalue weighted by Gasteiger charge is -2.14. The van der Waals surface area contributed by atoms with E-state index in [9.17, 15) is 4.79 Å². The first-order chi connectivity index (χ1) is 4.20. The topological polar surface area (TPSA) is 17.1 Å². The molecule has 50 valence electrons. The first kappa shape index (κ1) is 6.87. The van der Waals surface area contributed by atoms with Gasteiger partial charge in [0.05, 0.1) is 0 Å². The van der Waals surface area contributed by atoms with Crippen molar-refractivity contribution in [2.24, 2.45) is 5.92 Å². The molecule has 0 spiro atoms. The average molecular weight is 142 g/mol. The predicted octanol–water partition coefficient (Wildman–Crippen LogP) is 1.84. The Hall–Kier alpha value is -0.240. The van der Waals surface area contributed by atoms with Crippen molar-refractivity contribution in [3.8, 4) is 0 Å². The molecule has 2 heteroatoms. The smallest absolute Gasteiger partial charge is 0.212 e. The monoisotopic (exact) mass is 142 g/mol. The summed E-state index contributed by atoms with van der Waals surface area (Å²) in [5.41, 5.74) is 1.22. The van der Waals surface area contributed by atoms with E-state index in [-0.39, 0.29) is 5.12 Å². The lowest BCUT2D eigenvalue weighted by molar-refractivity contribution is -0.107. The maximum absolute atomic E-state index is 10.7. The number of hydrogen-bond acceptors (Lipinski definition) is 2. The Kier molecular flexibility index (Phi) is 1.96. The molecule has 1 atom stereocenters. The van der Waals surface area contributed by atoms with Crippen molar-refractivity contribution in [1.82, 2.24) is 0 Å². The van der Waals surface area contributed by atoms with E-state index in [0.29, 0.717) is 5.92 Å². The fraction of sp³-hybridized carbons (Fsp3) is 0.571. The van der Waals surface area contributed by atoms with Gasteiger partial charge in [-0.3, -0.25) is 4.79 Å². The van der Waals surface area contributed by atoms with E-state index >= 15 is 0 Å². The van der Waals surface area contributed by atoms with E-state index in [0.717, 1.165) is 5.75 Å². The van der Waals surface area contributed by atoms with Crippen LogP contribution in [0.1, 0.15) is 13.8 Å².